The van der Waals surface area contributed by atoms with Crippen molar-refractivity contribution in [2.24, 2.45) is 0 Å². The zero-order chi connectivity index (χ0) is 25.9. The van der Waals surface area contributed by atoms with Crippen LogP contribution in [0.15, 0.2) is 65.2 Å². The van der Waals surface area contributed by atoms with E-state index in [1.165, 1.54) is 24.3 Å². The fraction of sp³-hybridized carbons (Fsp3) is 0.192. The molecule has 0 unspecified atom stereocenters. The molecule has 0 spiro atoms. The van der Waals surface area contributed by atoms with Gasteiger partial charge in [-0.05, 0) is 65.2 Å². The van der Waals surface area contributed by atoms with E-state index in [2.05, 4.69) is 9.89 Å². The highest BCUT2D eigenvalue weighted by Crippen LogP contribution is 2.41. The number of fused-ring (bicyclic) bond motifs is 2. The van der Waals surface area contributed by atoms with Crippen LogP contribution in [0, 0.1) is 5.82 Å². The Bertz CT molecular complexity index is 1470. The molecule has 37 heavy (non-hydrogen) atoms. The van der Waals surface area contributed by atoms with E-state index in [-0.39, 0.29) is 19.0 Å². The van der Waals surface area contributed by atoms with Gasteiger partial charge in [-0.1, -0.05) is 29.8 Å². The Kier molecular flexibility index (Phi) is 6.93. The molecule has 0 saturated carbocycles. The molecule has 0 bridgehead atoms. The number of ether oxygens (including phenoxy) is 3. The molecule has 4 aromatic rings. The Balaban J connectivity index is 1.48. The quantitative estimate of drug-likeness (QED) is 0.312. The van der Waals surface area contributed by atoms with E-state index < -0.39 is 24.0 Å². The number of methoxy groups -OCH3 is 1. The highest BCUT2D eigenvalue weighted by molar-refractivity contribution is 6.30. The molecule has 3 aromatic carbocycles. The summed E-state index contributed by atoms with van der Waals surface area (Å²) in [6.45, 7) is -0.144. The minimum atomic E-state index is -1.05. The Hall–Kier alpha value is -4.15. The van der Waals surface area contributed by atoms with Crippen LogP contribution in [0.5, 0.6) is 11.6 Å². The van der Waals surface area contributed by atoms with Crippen LogP contribution in [-0.4, -0.2) is 42.6 Å². The van der Waals surface area contributed by atoms with E-state index in [4.69, 9.17) is 30.4 Å². The van der Waals surface area contributed by atoms with Gasteiger partial charge in [0.25, 0.3) is 5.88 Å². The van der Waals surface area contributed by atoms with Crippen LogP contribution >= 0.6 is 11.6 Å². The Morgan fingerprint density at radius 1 is 1.14 bits per heavy atom. The van der Waals surface area contributed by atoms with Crippen molar-refractivity contribution in [2.45, 2.75) is 12.5 Å². The van der Waals surface area contributed by atoms with Gasteiger partial charge in [-0.2, -0.15) is 0 Å². The number of carbonyl (C=O) groups excluding carboxylic acids is 2. The molecular formula is C26H20ClFN2O7. The minimum Gasteiger partial charge on any atom is -0.482 e. The molecule has 11 heteroatoms. The van der Waals surface area contributed by atoms with Crippen molar-refractivity contribution in [3.8, 4) is 11.6 Å². The normalized spacial score (nSPS) is 15.2. The number of halogens is 2. The largest absolute Gasteiger partial charge is 0.535 e. The van der Waals surface area contributed by atoms with Crippen LogP contribution in [0.4, 0.5) is 9.18 Å². The second-order valence-corrected chi connectivity index (χ2v) is 8.55. The lowest BCUT2D eigenvalue weighted by atomic mass is 9.89. The SMILES string of the molecule is COC(=O)COc1ccc(Cl)cc1[C@@H]1c2ccc(F)cc2CCN1OC(=O)Oc1noc2ccccc12. The standard InChI is InChI=1S/C26H20ClFN2O7/c1-33-23(31)14-34-21-9-6-16(27)13-20(21)24-18-8-7-17(28)12-15(18)10-11-30(24)37-26(32)35-25-19-4-2-3-5-22(19)36-29-25/h2-9,12-13,24H,10-11,14H2,1H3/t24-/m0/s1. The van der Waals surface area contributed by atoms with Gasteiger partial charge in [0.2, 0.25) is 0 Å². The average molecular weight is 527 g/mol. The second-order valence-electron chi connectivity index (χ2n) is 8.11. The first-order chi connectivity index (χ1) is 17.9. The van der Waals surface area contributed by atoms with E-state index in [0.29, 0.717) is 39.3 Å². The third kappa shape index (κ3) is 5.20. The number of hydrogen-bond acceptors (Lipinski definition) is 9. The molecule has 9 nitrogen and oxygen atoms in total. The van der Waals surface area contributed by atoms with Gasteiger partial charge in [0, 0.05) is 17.1 Å². The van der Waals surface area contributed by atoms with Crippen LogP contribution in [0.1, 0.15) is 22.7 Å². The predicted molar refractivity (Wildman–Crippen MR) is 129 cm³/mol. The Morgan fingerprint density at radius 3 is 2.81 bits per heavy atom. The maximum Gasteiger partial charge on any atom is 0.535 e. The van der Waals surface area contributed by atoms with Crippen LogP contribution in [0.3, 0.4) is 0 Å². The van der Waals surface area contributed by atoms with Crippen molar-refractivity contribution in [3.05, 3.63) is 88.2 Å². The number of carbonyl (C=O) groups is 2. The summed E-state index contributed by atoms with van der Waals surface area (Å²) in [6, 6.07) is 15.3. The van der Waals surface area contributed by atoms with E-state index in [1.54, 1.807) is 48.5 Å². The van der Waals surface area contributed by atoms with Gasteiger partial charge in [-0.15, -0.1) is 5.06 Å². The highest BCUT2D eigenvalue weighted by atomic mass is 35.5. The summed E-state index contributed by atoms with van der Waals surface area (Å²) >= 11 is 6.31. The summed E-state index contributed by atoms with van der Waals surface area (Å²) in [7, 11) is 1.25. The van der Waals surface area contributed by atoms with Gasteiger partial charge in [-0.25, -0.2) is 14.0 Å². The summed E-state index contributed by atoms with van der Waals surface area (Å²) in [5.41, 5.74) is 2.32. The van der Waals surface area contributed by atoms with Crippen molar-refractivity contribution >= 4 is 34.7 Å². The van der Waals surface area contributed by atoms with E-state index in [9.17, 15) is 14.0 Å². The number of nitrogens with zero attached hydrogens (tertiary/aromatic N) is 2. The molecule has 5 rings (SSSR count). The van der Waals surface area contributed by atoms with Gasteiger partial charge in [0.05, 0.1) is 18.5 Å². The van der Waals surface area contributed by atoms with Crippen LogP contribution in [0.25, 0.3) is 11.0 Å². The highest BCUT2D eigenvalue weighted by Gasteiger charge is 2.35. The average Bonchev–Trinajstić information content (AvgIpc) is 3.30. The van der Waals surface area contributed by atoms with E-state index in [0.717, 1.165) is 5.56 Å². The summed E-state index contributed by atoms with van der Waals surface area (Å²) in [5, 5.41) is 6.06. The third-order valence-electron chi connectivity index (χ3n) is 5.84. The van der Waals surface area contributed by atoms with Gasteiger partial charge in [0.15, 0.2) is 12.2 Å². The molecule has 1 aliphatic heterocycles. The van der Waals surface area contributed by atoms with Crippen LogP contribution in [-0.2, 0) is 20.8 Å². The number of para-hydroxylation sites is 1. The number of hydroxylamine groups is 2. The first kappa shape index (κ1) is 24.5. The zero-order valence-corrected chi connectivity index (χ0v) is 20.2. The third-order valence-corrected chi connectivity index (χ3v) is 6.08. The minimum absolute atomic E-state index is 0.0403. The molecule has 1 atom stereocenters. The fourth-order valence-electron chi connectivity index (χ4n) is 4.18. The second kappa shape index (κ2) is 10.5. The molecule has 190 valence electrons. The molecule has 2 heterocycles. The molecule has 1 aliphatic rings. The molecule has 0 fully saturated rings. The van der Waals surface area contributed by atoms with Crippen molar-refractivity contribution in [1.29, 1.82) is 0 Å². The molecule has 0 N–H and O–H groups in total. The first-order valence-electron chi connectivity index (χ1n) is 11.2. The number of aromatic nitrogens is 1. The lowest BCUT2D eigenvalue weighted by Crippen LogP contribution is -2.39. The maximum absolute atomic E-state index is 14.0. The van der Waals surface area contributed by atoms with Crippen molar-refractivity contribution in [3.63, 3.8) is 0 Å². The Labute approximate surface area is 215 Å². The zero-order valence-electron chi connectivity index (χ0n) is 19.5. The van der Waals surface area contributed by atoms with E-state index in [1.807, 2.05) is 0 Å². The maximum atomic E-state index is 14.0. The number of benzene rings is 3. The molecule has 0 amide bonds. The van der Waals surface area contributed by atoms with Gasteiger partial charge < -0.3 is 23.6 Å². The summed E-state index contributed by atoms with van der Waals surface area (Å²) in [6.07, 6.45) is -0.656. The van der Waals surface area contributed by atoms with Gasteiger partial charge in [0.1, 0.15) is 11.6 Å². The summed E-state index contributed by atoms with van der Waals surface area (Å²) in [5.74, 6) is -0.705. The van der Waals surface area contributed by atoms with Crippen LogP contribution in [0.2, 0.25) is 5.02 Å². The molecule has 0 saturated heterocycles. The lowest BCUT2D eigenvalue weighted by Gasteiger charge is -2.36. The smallest absolute Gasteiger partial charge is 0.482 e. The van der Waals surface area contributed by atoms with Crippen LogP contribution < -0.4 is 9.47 Å². The predicted octanol–water partition coefficient (Wildman–Crippen LogP) is 5.25. The fourth-order valence-corrected chi connectivity index (χ4v) is 4.36. The molecular weight excluding hydrogens is 507 g/mol. The summed E-state index contributed by atoms with van der Waals surface area (Å²) < 4.78 is 34.9. The van der Waals surface area contributed by atoms with Crippen molar-refractivity contribution in [1.82, 2.24) is 10.2 Å². The molecule has 1 aromatic heterocycles. The number of esters is 1. The summed E-state index contributed by atoms with van der Waals surface area (Å²) in [4.78, 5) is 30.1. The van der Waals surface area contributed by atoms with Crippen molar-refractivity contribution in [2.75, 3.05) is 20.3 Å². The molecule has 0 aliphatic carbocycles. The topological polar surface area (TPSA) is 100 Å². The van der Waals surface area contributed by atoms with E-state index >= 15 is 0 Å². The van der Waals surface area contributed by atoms with Crippen molar-refractivity contribution < 1.29 is 37.6 Å². The number of hydrogen-bond donors (Lipinski definition) is 0. The molecule has 0 radical (unpaired) electrons. The monoisotopic (exact) mass is 526 g/mol. The Morgan fingerprint density at radius 2 is 1.97 bits per heavy atom. The number of rotatable bonds is 6. The van der Waals surface area contributed by atoms with Gasteiger partial charge in [-0.3, -0.25) is 0 Å². The van der Waals surface area contributed by atoms with Gasteiger partial charge >= 0.3 is 12.1 Å². The first-order valence-corrected chi connectivity index (χ1v) is 11.6. The lowest BCUT2D eigenvalue weighted by molar-refractivity contribution is -0.143.